The standard InChI is InChI=1S/C44H55N7O6/c1-28(2)50(33-20-37(21-33)57-35-9-5-31-26-51(44(54)38(31)22-35)39-12-13-42(52)47-43(39)53)25-29-14-17-48(18-15-29)41-27-49(19-16-46-41)32-6-10-34(11-7-32)56-36-8-4-30(24-45)40(23-36)55-3/h4-5,8-9,16,22-23,27-29,32-34,37,39H,6-7,10-15,17-21,25-26H2,1-3H3,(H,47,52,53)/t32?,33?,34?,37?,39-/m1/s1. The SMILES string of the molecule is COc1cc(OC2CCC(N3C=C(N4CCC(CN(C(C)C)C5CC(Oc6ccc7c(c6)C(=O)N([C@@H]6CCC(=O)NC6=O)C7)C5)CC4)N=CC3)CC2)ccc1C#N. The minimum Gasteiger partial charge on any atom is -0.495 e. The number of piperidine rings is 2. The molecule has 4 fully saturated rings. The Balaban J connectivity index is 0.777. The minimum atomic E-state index is -0.617. The number of nitrogens with zero attached hydrogens (tertiary/aromatic N) is 6. The third kappa shape index (κ3) is 8.47. The molecule has 0 bridgehead atoms. The topological polar surface area (TPSA) is 140 Å². The quantitative estimate of drug-likeness (QED) is 0.285. The van der Waals surface area contributed by atoms with E-state index in [2.05, 4.69) is 52.3 Å². The first-order valence-corrected chi connectivity index (χ1v) is 20.9. The number of amides is 3. The summed E-state index contributed by atoms with van der Waals surface area (Å²) in [6, 6.07) is 14.0. The summed E-state index contributed by atoms with van der Waals surface area (Å²) in [4.78, 5) is 51.4. The van der Waals surface area contributed by atoms with Crippen molar-refractivity contribution >= 4 is 23.9 Å². The van der Waals surface area contributed by atoms with Crippen molar-refractivity contribution in [3.8, 4) is 23.3 Å². The fraction of sp³-hybridized carbons (Fsp3) is 0.568. The molecule has 2 saturated carbocycles. The molecular formula is C44H55N7O6. The molecule has 0 spiro atoms. The van der Waals surface area contributed by atoms with E-state index in [0.717, 1.165) is 94.7 Å². The van der Waals surface area contributed by atoms with Crippen LogP contribution >= 0.6 is 0 Å². The predicted molar refractivity (Wildman–Crippen MR) is 214 cm³/mol. The van der Waals surface area contributed by atoms with Gasteiger partial charge in [-0.15, -0.1) is 0 Å². The number of rotatable bonds is 12. The van der Waals surface area contributed by atoms with Gasteiger partial charge in [-0.1, -0.05) is 6.07 Å². The highest BCUT2D eigenvalue weighted by molar-refractivity contribution is 6.05. The lowest BCUT2D eigenvalue weighted by atomic mass is 9.85. The number of nitriles is 1. The van der Waals surface area contributed by atoms with Gasteiger partial charge in [-0.2, -0.15) is 5.26 Å². The van der Waals surface area contributed by atoms with E-state index >= 15 is 0 Å². The first-order chi connectivity index (χ1) is 27.6. The lowest BCUT2D eigenvalue weighted by molar-refractivity contribution is -0.136. The number of hydrogen-bond donors (Lipinski definition) is 1. The number of aliphatic imine (C=N–C) groups is 1. The average molecular weight is 778 g/mol. The number of benzene rings is 2. The van der Waals surface area contributed by atoms with Gasteiger partial charge in [-0.3, -0.25) is 24.6 Å². The summed E-state index contributed by atoms with van der Waals surface area (Å²) < 4.78 is 18.1. The van der Waals surface area contributed by atoms with Crippen LogP contribution in [-0.2, 0) is 16.1 Å². The van der Waals surface area contributed by atoms with Crippen LogP contribution in [-0.4, -0.2) is 113 Å². The normalized spacial score (nSPS) is 26.5. The summed E-state index contributed by atoms with van der Waals surface area (Å²) in [5, 5.41) is 11.7. The highest BCUT2D eigenvalue weighted by Crippen LogP contribution is 2.36. The Morgan fingerprint density at radius 2 is 1.68 bits per heavy atom. The molecule has 0 aromatic heterocycles. The van der Waals surface area contributed by atoms with E-state index in [-0.39, 0.29) is 30.4 Å². The Kier molecular flexibility index (Phi) is 11.4. The van der Waals surface area contributed by atoms with Crippen LogP contribution in [0, 0.1) is 17.2 Å². The van der Waals surface area contributed by atoms with Crippen LogP contribution in [0.25, 0.3) is 0 Å². The van der Waals surface area contributed by atoms with Gasteiger partial charge >= 0.3 is 0 Å². The molecule has 57 heavy (non-hydrogen) atoms. The maximum atomic E-state index is 13.3. The van der Waals surface area contributed by atoms with Gasteiger partial charge in [0, 0.05) is 87.6 Å². The van der Waals surface area contributed by atoms with Crippen molar-refractivity contribution in [3.05, 3.63) is 65.1 Å². The molecule has 3 amide bonds. The number of imide groups is 1. The van der Waals surface area contributed by atoms with Crippen LogP contribution < -0.4 is 19.5 Å². The smallest absolute Gasteiger partial charge is 0.255 e. The highest BCUT2D eigenvalue weighted by Gasteiger charge is 2.41. The molecule has 2 aromatic carbocycles. The molecule has 4 heterocycles. The number of carbonyl (C=O) groups is 3. The number of hydrogen-bond acceptors (Lipinski definition) is 11. The number of ether oxygens (including phenoxy) is 3. The van der Waals surface area contributed by atoms with E-state index < -0.39 is 11.9 Å². The second kappa shape index (κ2) is 16.8. The molecule has 1 atom stereocenters. The van der Waals surface area contributed by atoms with E-state index in [0.29, 0.717) is 59.6 Å². The van der Waals surface area contributed by atoms with E-state index in [1.807, 2.05) is 30.3 Å². The summed E-state index contributed by atoms with van der Waals surface area (Å²) >= 11 is 0. The lowest BCUT2D eigenvalue weighted by Gasteiger charge is -2.47. The van der Waals surface area contributed by atoms with Gasteiger partial charge in [-0.05, 0) is 94.5 Å². The van der Waals surface area contributed by atoms with Crippen molar-refractivity contribution < 1.29 is 28.6 Å². The Labute approximate surface area is 335 Å². The molecule has 0 unspecified atom stereocenters. The maximum absolute atomic E-state index is 13.3. The van der Waals surface area contributed by atoms with Crippen LogP contribution in [0.2, 0.25) is 0 Å². The number of fused-ring (bicyclic) bond motifs is 1. The van der Waals surface area contributed by atoms with E-state index in [1.54, 1.807) is 18.1 Å². The van der Waals surface area contributed by atoms with Gasteiger partial charge < -0.3 is 28.9 Å². The average Bonchev–Trinajstić information content (AvgIpc) is 3.53. The number of carbonyl (C=O) groups excluding carboxylic acids is 3. The summed E-state index contributed by atoms with van der Waals surface area (Å²) in [5.41, 5.74) is 1.98. The summed E-state index contributed by atoms with van der Waals surface area (Å²) in [7, 11) is 1.58. The minimum absolute atomic E-state index is 0.104. The van der Waals surface area contributed by atoms with Crippen LogP contribution in [0.4, 0.5) is 0 Å². The van der Waals surface area contributed by atoms with Crippen LogP contribution in [0.3, 0.4) is 0 Å². The molecule has 2 aromatic rings. The summed E-state index contributed by atoms with van der Waals surface area (Å²) in [6.45, 7) is 8.91. The molecule has 2 saturated heterocycles. The molecule has 8 rings (SSSR count). The van der Waals surface area contributed by atoms with Crippen LogP contribution in [0.15, 0.2) is 53.4 Å². The fourth-order valence-electron chi connectivity index (χ4n) is 9.53. The monoisotopic (exact) mass is 777 g/mol. The molecule has 13 nitrogen and oxygen atoms in total. The van der Waals surface area contributed by atoms with Crippen molar-refractivity contribution in [2.24, 2.45) is 10.9 Å². The third-order valence-electron chi connectivity index (χ3n) is 12.9. The van der Waals surface area contributed by atoms with Crippen LogP contribution in [0.1, 0.15) is 99.5 Å². The molecule has 1 N–H and O–H groups in total. The molecular weight excluding hydrogens is 723 g/mol. The van der Waals surface area contributed by atoms with Crippen molar-refractivity contribution in [3.63, 3.8) is 0 Å². The largest absolute Gasteiger partial charge is 0.495 e. The van der Waals surface area contributed by atoms with Gasteiger partial charge in [-0.25, -0.2) is 4.99 Å². The van der Waals surface area contributed by atoms with Crippen LogP contribution in [0.5, 0.6) is 17.2 Å². The maximum Gasteiger partial charge on any atom is 0.255 e. The Bertz CT molecular complexity index is 1940. The van der Waals surface area contributed by atoms with Gasteiger partial charge in [0.2, 0.25) is 11.8 Å². The van der Waals surface area contributed by atoms with Gasteiger partial charge in [0.25, 0.3) is 5.91 Å². The first-order valence-electron chi connectivity index (χ1n) is 20.9. The Morgan fingerprint density at radius 3 is 2.40 bits per heavy atom. The van der Waals surface area contributed by atoms with Crippen molar-refractivity contribution in [1.29, 1.82) is 5.26 Å². The van der Waals surface area contributed by atoms with Crippen molar-refractivity contribution in [1.82, 2.24) is 24.9 Å². The third-order valence-corrected chi connectivity index (χ3v) is 12.9. The van der Waals surface area contributed by atoms with Crippen molar-refractivity contribution in [2.45, 2.75) is 121 Å². The number of likely N-dealkylation sites (tertiary alicyclic amines) is 1. The highest BCUT2D eigenvalue weighted by atomic mass is 16.5. The molecule has 0 radical (unpaired) electrons. The van der Waals surface area contributed by atoms with E-state index in [4.69, 9.17) is 19.2 Å². The lowest BCUT2D eigenvalue weighted by Crippen LogP contribution is -2.53. The van der Waals surface area contributed by atoms with Crippen molar-refractivity contribution in [2.75, 3.05) is 33.3 Å². The molecule has 6 aliphatic rings. The molecule has 302 valence electrons. The Hall–Kier alpha value is -5.09. The molecule has 2 aliphatic carbocycles. The summed E-state index contributed by atoms with van der Waals surface area (Å²) in [6.07, 6.45) is 13.5. The van der Waals surface area contributed by atoms with E-state index in [1.165, 1.54) is 0 Å². The number of nitrogens with one attached hydrogen (secondary N) is 1. The fourth-order valence-corrected chi connectivity index (χ4v) is 9.53. The second-order valence-electron chi connectivity index (χ2n) is 16.8. The van der Waals surface area contributed by atoms with Gasteiger partial charge in [0.15, 0.2) is 0 Å². The van der Waals surface area contributed by atoms with Gasteiger partial charge in [0.05, 0.1) is 25.3 Å². The Morgan fingerprint density at radius 1 is 0.947 bits per heavy atom. The zero-order valence-electron chi connectivity index (χ0n) is 33.4. The zero-order valence-corrected chi connectivity index (χ0v) is 33.4. The first kappa shape index (κ1) is 38.8. The zero-order chi connectivity index (χ0) is 39.6. The molecule has 4 aliphatic heterocycles. The predicted octanol–water partition coefficient (Wildman–Crippen LogP) is 5.24. The second-order valence-corrected chi connectivity index (χ2v) is 16.8. The van der Waals surface area contributed by atoms with E-state index in [9.17, 15) is 19.6 Å². The number of methoxy groups -OCH3 is 1. The molecule has 13 heteroatoms. The summed E-state index contributed by atoms with van der Waals surface area (Å²) in [5.74, 6) is 2.86. The van der Waals surface area contributed by atoms with Gasteiger partial charge in [0.1, 0.15) is 41.3 Å².